The minimum atomic E-state index is -1.04. The highest BCUT2D eigenvalue weighted by atomic mass is 16.5. The van der Waals surface area contributed by atoms with Crippen molar-refractivity contribution in [3.05, 3.63) is 23.8 Å². The molecule has 98 valence electrons. The summed E-state index contributed by atoms with van der Waals surface area (Å²) in [7, 11) is 1.46. The van der Waals surface area contributed by atoms with Crippen molar-refractivity contribution >= 4 is 12.3 Å². The Labute approximate surface area is 105 Å². The number of benzene rings is 1. The van der Waals surface area contributed by atoms with Gasteiger partial charge in [-0.25, -0.2) is 0 Å². The topological polar surface area (TPSA) is 72.8 Å². The minimum Gasteiger partial charge on any atom is -0.493 e. The number of carboxylic acid groups (broad SMARTS) is 1. The van der Waals surface area contributed by atoms with Crippen LogP contribution in [0.1, 0.15) is 24.2 Å². The zero-order chi connectivity index (χ0) is 13.8. The van der Waals surface area contributed by atoms with Crippen LogP contribution >= 0.6 is 0 Å². The van der Waals surface area contributed by atoms with Gasteiger partial charge >= 0.3 is 5.97 Å². The van der Waals surface area contributed by atoms with Crippen molar-refractivity contribution in [2.75, 3.05) is 13.7 Å². The molecular weight excluding hydrogens is 236 g/mol. The Kier molecular flexibility index (Phi) is 4.31. The molecule has 0 heterocycles. The van der Waals surface area contributed by atoms with E-state index in [9.17, 15) is 9.59 Å². The molecule has 0 atom stereocenters. The number of hydrogen-bond donors (Lipinski definition) is 1. The highest BCUT2D eigenvalue weighted by molar-refractivity contribution is 5.81. The van der Waals surface area contributed by atoms with Crippen LogP contribution in [0.2, 0.25) is 0 Å². The van der Waals surface area contributed by atoms with Gasteiger partial charge in [-0.1, -0.05) is 6.07 Å². The second kappa shape index (κ2) is 5.53. The van der Waals surface area contributed by atoms with E-state index in [0.717, 1.165) is 0 Å². The van der Waals surface area contributed by atoms with Crippen molar-refractivity contribution in [3.8, 4) is 11.5 Å². The quantitative estimate of drug-likeness (QED) is 0.784. The van der Waals surface area contributed by atoms with Gasteiger partial charge in [-0.15, -0.1) is 0 Å². The van der Waals surface area contributed by atoms with Gasteiger partial charge < -0.3 is 14.6 Å². The van der Waals surface area contributed by atoms with E-state index in [1.54, 1.807) is 32.0 Å². The third-order valence-electron chi connectivity index (χ3n) is 2.51. The number of carbonyl (C=O) groups excluding carboxylic acids is 1. The molecule has 1 aromatic carbocycles. The smallest absolute Gasteiger partial charge is 0.312 e. The number of rotatable bonds is 6. The number of ether oxygens (including phenoxy) is 2. The molecule has 0 aliphatic heterocycles. The molecule has 0 aliphatic carbocycles. The zero-order valence-corrected chi connectivity index (χ0v) is 10.6. The van der Waals surface area contributed by atoms with Gasteiger partial charge in [-0.05, 0) is 26.0 Å². The lowest BCUT2D eigenvalue weighted by Gasteiger charge is -2.21. The highest BCUT2D eigenvalue weighted by Crippen LogP contribution is 2.31. The molecule has 0 saturated heterocycles. The molecule has 0 fully saturated rings. The van der Waals surface area contributed by atoms with E-state index in [1.165, 1.54) is 7.11 Å². The van der Waals surface area contributed by atoms with Crippen molar-refractivity contribution in [2.24, 2.45) is 5.41 Å². The van der Waals surface area contributed by atoms with Crippen LogP contribution in [0.4, 0.5) is 0 Å². The fraction of sp³-hybridized carbons (Fsp3) is 0.385. The number of aliphatic carboxylic acids is 1. The van der Waals surface area contributed by atoms with Gasteiger partial charge in [0.05, 0.1) is 18.1 Å². The summed E-state index contributed by atoms with van der Waals surface area (Å²) >= 11 is 0. The number of carbonyl (C=O) groups is 2. The molecule has 0 spiro atoms. The standard InChI is InChI=1S/C13H16O5/c1-13(2,12(15)16)8-18-11-9(7-14)5-4-6-10(11)17-3/h4-7H,8H2,1-3H3,(H,15,16). The Hall–Kier alpha value is -2.04. The molecule has 0 unspecified atom stereocenters. The third kappa shape index (κ3) is 3.00. The predicted octanol–water partition coefficient (Wildman–Crippen LogP) is 2.00. The first kappa shape index (κ1) is 14.0. The fourth-order valence-electron chi connectivity index (χ4n) is 1.26. The second-order valence-corrected chi connectivity index (χ2v) is 4.47. The Balaban J connectivity index is 2.96. The van der Waals surface area contributed by atoms with Gasteiger partial charge in [0, 0.05) is 0 Å². The lowest BCUT2D eigenvalue weighted by Crippen LogP contribution is -2.30. The molecule has 1 aromatic rings. The van der Waals surface area contributed by atoms with E-state index in [0.29, 0.717) is 17.6 Å². The summed E-state index contributed by atoms with van der Waals surface area (Å²) in [5.41, 5.74) is -0.711. The number of para-hydroxylation sites is 1. The molecule has 5 heteroatoms. The van der Waals surface area contributed by atoms with Crippen LogP contribution in [0, 0.1) is 5.41 Å². The van der Waals surface area contributed by atoms with Crippen LogP contribution in [-0.4, -0.2) is 31.1 Å². The molecule has 0 aliphatic rings. The molecule has 18 heavy (non-hydrogen) atoms. The van der Waals surface area contributed by atoms with Gasteiger partial charge in [-0.2, -0.15) is 0 Å². The van der Waals surface area contributed by atoms with Crippen molar-refractivity contribution in [1.29, 1.82) is 0 Å². The SMILES string of the molecule is COc1cccc(C=O)c1OCC(C)(C)C(=O)O. The molecule has 5 nitrogen and oxygen atoms in total. The van der Waals surface area contributed by atoms with Crippen LogP contribution in [0.3, 0.4) is 0 Å². The van der Waals surface area contributed by atoms with Crippen molar-refractivity contribution in [1.82, 2.24) is 0 Å². The Morgan fingerprint density at radius 2 is 2.11 bits per heavy atom. The van der Waals surface area contributed by atoms with Crippen molar-refractivity contribution in [3.63, 3.8) is 0 Å². The maximum absolute atomic E-state index is 11.0. The second-order valence-electron chi connectivity index (χ2n) is 4.47. The minimum absolute atomic E-state index is 0.0520. The molecular formula is C13H16O5. The van der Waals surface area contributed by atoms with E-state index in [4.69, 9.17) is 14.6 Å². The van der Waals surface area contributed by atoms with E-state index in [1.807, 2.05) is 0 Å². The summed E-state index contributed by atoms with van der Waals surface area (Å²) in [4.78, 5) is 21.9. The summed E-state index contributed by atoms with van der Waals surface area (Å²) < 4.78 is 10.5. The van der Waals surface area contributed by atoms with Crippen LogP contribution < -0.4 is 9.47 Å². The maximum atomic E-state index is 11.0. The van der Waals surface area contributed by atoms with E-state index >= 15 is 0 Å². The van der Waals surface area contributed by atoms with Crippen LogP contribution in [0.15, 0.2) is 18.2 Å². The fourth-order valence-corrected chi connectivity index (χ4v) is 1.26. The Bertz CT molecular complexity index is 451. The van der Waals surface area contributed by atoms with Crippen LogP contribution in [-0.2, 0) is 4.79 Å². The summed E-state index contributed by atoms with van der Waals surface area (Å²) in [5.74, 6) is -0.296. The molecule has 0 saturated carbocycles. The van der Waals surface area contributed by atoms with Gasteiger partial charge in [0.1, 0.15) is 6.61 Å². The molecule has 1 rings (SSSR count). The van der Waals surface area contributed by atoms with Crippen molar-refractivity contribution < 1.29 is 24.2 Å². The average molecular weight is 252 g/mol. The molecule has 0 amide bonds. The molecule has 0 radical (unpaired) electrons. The first-order valence-electron chi connectivity index (χ1n) is 5.40. The number of carboxylic acids is 1. The monoisotopic (exact) mass is 252 g/mol. The van der Waals surface area contributed by atoms with Gasteiger partial charge in [-0.3, -0.25) is 9.59 Å². The third-order valence-corrected chi connectivity index (χ3v) is 2.51. The van der Waals surface area contributed by atoms with Gasteiger partial charge in [0.2, 0.25) is 0 Å². The summed E-state index contributed by atoms with van der Waals surface area (Å²) in [6, 6.07) is 4.90. The van der Waals surface area contributed by atoms with Crippen molar-refractivity contribution in [2.45, 2.75) is 13.8 Å². The summed E-state index contributed by atoms with van der Waals surface area (Å²) in [6.07, 6.45) is 0.644. The normalized spacial score (nSPS) is 10.8. The molecule has 1 N–H and O–H groups in total. The summed E-state index contributed by atoms with van der Waals surface area (Å²) in [5, 5.41) is 8.99. The molecule has 0 bridgehead atoms. The lowest BCUT2D eigenvalue weighted by molar-refractivity contribution is -0.148. The van der Waals surface area contributed by atoms with Gasteiger partial charge in [0.15, 0.2) is 17.8 Å². The van der Waals surface area contributed by atoms with Crippen LogP contribution in [0.25, 0.3) is 0 Å². The van der Waals surface area contributed by atoms with E-state index in [2.05, 4.69) is 0 Å². The largest absolute Gasteiger partial charge is 0.493 e. The first-order chi connectivity index (χ1) is 8.42. The maximum Gasteiger partial charge on any atom is 0.312 e. The first-order valence-corrected chi connectivity index (χ1v) is 5.40. The summed E-state index contributed by atoms with van der Waals surface area (Å²) in [6.45, 7) is 3.04. The zero-order valence-electron chi connectivity index (χ0n) is 10.6. The number of aldehydes is 1. The predicted molar refractivity (Wildman–Crippen MR) is 65.3 cm³/mol. The van der Waals surface area contributed by atoms with Crippen LogP contribution in [0.5, 0.6) is 11.5 Å². The van der Waals surface area contributed by atoms with E-state index < -0.39 is 11.4 Å². The average Bonchev–Trinajstić information content (AvgIpc) is 2.35. The highest BCUT2D eigenvalue weighted by Gasteiger charge is 2.29. The molecule has 0 aromatic heterocycles. The van der Waals surface area contributed by atoms with E-state index in [-0.39, 0.29) is 12.4 Å². The lowest BCUT2D eigenvalue weighted by atomic mass is 9.95. The Morgan fingerprint density at radius 3 is 2.61 bits per heavy atom. The Morgan fingerprint density at radius 1 is 1.44 bits per heavy atom. The number of methoxy groups -OCH3 is 1. The number of hydrogen-bond acceptors (Lipinski definition) is 4. The van der Waals surface area contributed by atoms with Gasteiger partial charge in [0.25, 0.3) is 0 Å².